The van der Waals surface area contributed by atoms with Crippen molar-refractivity contribution in [2.75, 3.05) is 0 Å². The molecule has 1 aliphatic heterocycles. The number of benzene rings is 1. The number of rotatable bonds is 2. The fraction of sp³-hybridized carbons (Fsp3) is 0.143. The van der Waals surface area contributed by atoms with Crippen LogP contribution in [0.5, 0.6) is 0 Å². The molecule has 0 unspecified atom stereocenters. The van der Waals surface area contributed by atoms with E-state index in [0.717, 1.165) is 5.56 Å². The second kappa shape index (κ2) is 4.78. The van der Waals surface area contributed by atoms with Gasteiger partial charge in [0.1, 0.15) is 11.3 Å². The first-order valence-corrected chi connectivity index (χ1v) is 5.78. The zero-order valence-electron chi connectivity index (χ0n) is 9.99. The highest BCUT2D eigenvalue weighted by atomic mass is 35.5. The molecule has 0 spiro atoms. The van der Waals surface area contributed by atoms with E-state index < -0.39 is 0 Å². The van der Waals surface area contributed by atoms with Gasteiger partial charge in [0.2, 0.25) is 5.78 Å². The van der Waals surface area contributed by atoms with Crippen LogP contribution in [0.2, 0.25) is 5.02 Å². The second-order valence-corrected chi connectivity index (χ2v) is 4.42. The van der Waals surface area contributed by atoms with Crippen molar-refractivity contribution in [2.24, 2.45) is 0 Å². The van der Waals surface area contributed by atoms with Gasteiger partial charge in [0.25, 0.3) is 0 Å². The average molecular weight is 263 g/mol. The van der Waals surface area contributed by atoms with Gasteiger partial charge in [-0.3, -0.25) is 9.59 Å². The molecule has 0 aliphatic carbocycles. The van der Waals surface area contributed by atoms with E-state index in [1.807, 2.05) is 0 Å². The molecule has 1 aliphatic rings. The van der Waals surface area contributed by atoms with E-state index >= 15 is 0 Å². The van der Waals surface area contributed by atoms with Crippen molar-refractivity contribution in [2.45, 2.75) is 13.8 Å². The van der Waals surface area contributed by atoms with Crippen LogP contribution >= 0.6 is 11.6 Å². The number of allylic oxidation sites excluding steroid dienone is 2. The smallest absolute Gasteiger partial charge is 0.235 e. The van der Waals surface area contributed by atoms with Crippen LogP contribution < -0.4 is 0 Å². The normalized spacial score (nSPS) is 17.3. The molecule has 0 saturated heterocycles. The van der Waals surface area contributed by atoms with Crippen LogP contribution in [0.3, 0.4) is 0 Å². The number of carbonyl (C=O) groups is 2. The number of Topliss-reactive ketones (excluding diaryl/α,β-unsaturated/α-hetero) is 2. The summed E-state index contributed by atoms with van der Waals surface area (Å²) in [5.74, 6) is -0.125. The van der Waals surface area contributed by atoms with Crippen LogP contribution in [-0.2, 0) is 14.3 Å². The van der Waals surface area contributed by atoms with E-state index in [-0.39, 0.29) is 22.9 Å². The summed E-state index contributed by atoms with van der Waals surface area (Å²) in [6, 6.07) is 6.99. The van der Waals surface area contributed by atoms with Crippen molar-refractivity contribution in [3.05, 3.63) is 51.9 Å². The predicted octanol–water partition coefficient (Wildman–Crippen LogP) is 3.14. The lowest BCUT2D eigenvalue weighted by Crippen LogP contribution is -2.07. The number of ketones is 2. The maximum Gasteiger partial charge on any atom is 0.235 e. The van der Waals surface area contributed by atoms with Crippen LogP contribution in [0.4, 0.5) is 0 Å². The molecule has 0 fully saturated rings. The van der Waals surface area contributed by atoms with E-state index in [4.69, 9.17) is 16.3 Å². The average Bonchev–Trinajstić information content (AvgIpc) is 2.57. The number of hydrogen-bond acceptors (Lipinski definition) is 3. The minimum absolute atomic E-state index is 0.121. The molecule has 1 aromatic rings. The van der Waals surface area contributed by atoms with Gasteiger partial charge in [-0.15, -0.1) is 0 Å². The first-order chi connectivity index (χ1) is 8.49. The lowest BCUT2D eigenvalue weighted by Gasteiger charge is -1.99. The second-order valence-electron chi connectivity index (χ2n) is 3.98. The van der Waals surface area contributed by atoms with Gasteiger partial charge >= 0.3 is 0 Å². The molecule has 3 nitrogen and oxygen atoms in total. The summed E-state index contributed by atoms with van der Waals surface area (Å²) in [7, 11) is 0. The number of halogens is 1. The standard InChI is InChI=1S/C14H11ClO3/c1-8(16)13-9(2)18-12(14(13)17)7-10-3-5-11(15)6-4-10/h3-7H,1-2H3. The number of carbonyl (C=O) groups excluding carboxylic acids is 2. The van der Waals surface area contributed by atoms with Gasteiger partial charge in [-0.1, -0.05) is 23.7 Å². The fourth-order valence-corrected chi connectivity index (χ4v) is 1.88. The van der Waals surface area contributed by atoms with E-state index in [9.17, 15) is 9.59 Å². The van der Waals surface area contributed by atoms with Gasteiger partial charge in [0.05, 0.1) is 0 Å². The Morgan fingerprint density at radius 2 is 1.89 bits per heavy atom. The van der Waals surface area contributed by atoms with Crippen LogP contribution in [0.1, 0.15) is 19.4 Å². The Balaban J connectivity index is 2.31. The lowest BCUT2D eigenvalue weighted by atomic mass is 10.1. The topological polar surface area (TPSA) is 43.4 Å². The summed E-state index contributed by atoms with van der Waals surface area (Å²) in [5.41, 5.74) is 0.913. The van der Waals surface area contributed by atoms with Crippen LogP contribution in [0.25, 0.3) is 6.08 Å². The molecule has 4 heteroatoms. The van der Waals surface area contributed by atoms with Gasteiger partial charge < -0.3 is 4.74 Å². The third-order valence-electron chi connectivity index (χ3n) is 2.59. The molecule has 0 atom stereocenters. The fourth-order valence-electron chi connectivity index (χ4n) is 1.76. The van der Waals surface area contributed by atoms with E-state index in [0.29, 0.717) is 10.8 Å². The van der Waals surface area contributed by atoms with E-state index in [2.05, 4.69) is 0 Å². The van der Waals surface area contributed by atoms with Crippen molar-refractivity contribution >= 4 is 29.2 Å². The summed E-state index contributed by atoms with van der Waals surface area (Å²) in [5, 5.41) is 0.620. The maximum atomic E-state index is 11.9. The van der Waals surface area contributed by atoms with Crippen molar-refractivity contribution in [3.8, 4) is 0 Å². The van der Waals surface area contributed by atoms with Gasteiger partial charge in [-0.2, -0.15) is 0 Å². The summed E-state index contributed by atoms with van der Waals surface area (Å²) in [4.78, 5) is 23.2. The quantitative estimate of drug-likeness (QED) is 0.607. The minimum atomic E-state index is -0.366. The Morgan fingerprint density at radius 3 is 2.39 bits per heavy atom. The predicted molar refractivity (Wildman–Crippen MR) is 68.9 cm³/mol. The molecule has 2 rings (SSSR count). The Kier molecular flexibility index (Phi) is 3.34. The Morgan fingerprint density at radius 1 is 1.28 bits per heavy atom. The van der Waals surface area contributed by atoms with Crippen molar-refractivity contribution in [3.63, 3.8) is 0 Å². The van der Waals surface area contributed by atoms with Gasteiger partial charge in [-0.05, 0) is 37.6 Å². The molecule has 0 bridgehead atoms. The number of hydrogen-bond donors (Lipinski definition) is 0. The third-order valence-corrected chi connectivity index (χ3v) is 2.84. The van der Waals surface area contributed by atoms with Crippen molar-refractivity contribution in [1.29, 1.82) is 0 Å². The Bertz CT molecular complexity index is 580. The maximum absolute atomic E-state index is 11.9. The first-order valence-electron chi connectivity index (χ1n) is 5.40. The third kappa shape index (κ3) is 2.36. The minimum Gasteiger partial charge on any atom is -0.457 e. The van der Waals surface area contributed by atoms with Crippen molar-refractivity contribution < 1.29 is 14.3 Å². The summed E-state index contributed by atoms with van der Waals surface area (Å²) >= 11 is 5.77. The Hall–Kier alpha value is -1.87. The highest BCUT2D eigenvalue weighted by Gasteiger charge is 2.30. The molecule has 0 N–H and O–H groups in total. The monoisotopic (exact) mass is 262 g/mol. The van der Waals surface area contributed by atoms with Gasteiger partial charge in [0.15, 0.2) is 11.5 Å². The zero-order valence-corrected chi connectivity index (χ0v) is 10.7. The molecule has 1 heterocycles. The van der Waals surface area contributed by atoms with E-state index in [1.165, 1.54) is 6.92 Å². The molecule has 0 radical (unpaired) electrons. The van der Waals surface area contributed by atoms with Crippen LogP contribution in [0.15, 0.2) is 41.4 Å². The molecular weight excluding hydrogens is 252 g/mol. The molecule has 1 aromatic carbocycles. The highest BCUT2D eigenvalue weighted by Crippen LogP contribution is 2.26. The lowest BCUT2D eigenvalue weighted by molar-refractivity contribution is -0.118. The van der Waals surface area contributed by atoms with Gasteiger partial charge in [-0.25, -0.2) is 0 Å². The van der Waals surface area contributed by atoms with Crippen LogP contribution in [-0.4, -0.2) is 11.6 Å². The van der Waals surface area contributed by atoms with Crippen molar-refractivity contribution in [1.82, 2.24) is 0 Å². The molecule has 0 amide bonds. The summed E-state index contributed by atoms with van der Waals surface area (Å²) in [6.45, 7) is 2.96. The molecular formula is C14H11ClO3. The largest absolute Gasteiger partial charge is 0.457 e. The SMILES string of the molecule is CC(=O)C1=C(C)OC(=Cc2ccc(Cl)cc2)C1=O. The molecule has 18 heavy (non-hydrogen) atoms. The first kappa shape index (κ1) is 12.6. The van der Waals surface area contributed by atoms with Gasteiger partial charge in [0, 0.05) is 5.02 Å². The molecule has 0 saturated carbocycles. The molecule has 0 aromatic heterocycles. The van der Waals surface area contributed by atoms with Crippen LogP contribution in [0, 0.1) is 0 Å². The highest BCUT2D eigenvalue weighted by molar-refractivity contribution is 6.30. The summed E-state index contributed by atoms with van der Waals surface area (Å²) in [6.07, 6.45) is 1.60. The number of ether oxygens (including phenoxy) is 1. The van der Waals surface area contributed by atoms with E-state index in [1.54, 1.807) is 37.3 Å². The molecule has 92 valence electrons. The summed E-state index contributed by atoms with van der Waals surface area (Å²) < 4.78 is 5.32. The zero-order chi connectivity index (χ0) is 13.3. The Labute approximate surface area is 110 Å².